The molecule has 1 unspecified atom stereocenters. The van der Waals surface area contributed by atoms with E-state index in [4.69, 9.17) is 0 Å². The molecule has 1 atom stereocenters. The molecule has 1 aromatic rings. The SMILES string of the molecule is CCCCC(CC)CSSc1nncs1. The lowest BCUT2D eigenvalue weighted by molar-refractivity contribution is 0.500. The maximum atomic E-state index is 4.01. The molecule has 0 spiro atoms. The fourth-order valence-corrected chi connectivity index (χ4v) is 4.66. The van der Waals surface area contributed by atoms with Crippen molar-refractivity contribution in [1.29, 1.82) is 0 Å². The van der Waals surface area contributed by atoms with E-state index in [2.05, 4.69) is 24.0 Å². The van der Waals surface area contributed by atoms with Crippen molar-refractivity contribution in [2.75, 3.05) is 5.75 Å². The van der Waals surface area contributed by atoms with Crippen LogP contribution in [0.1, 0.15) is 39.5 Å². The van der Waals surface area contributed by atoms with Crippen LogP contribution < -0.4 is 0 Å². The summed E-state index contributed by atoms with van der Waals surface area (Å²) >= 11 is 1.62. The van der Waals surface area contributed by atoms with E-state index in [0.29, 0.717) is 0 Å². The van der Waals surface area contributed by atoms with Gasteiger partial charge in [0.05, 0.1) is 0 Å². The van der Waals surface area contributed by atoms with Gasteiger partial charge in [-0.05, 0) is 23.1 Å². The predicted octanol–water partition coefficient (Wildman–Crippen LogP) is 4.49. The number of unbranched alkanes of at least 4 members (excludes halogenated alkanes) is 1. The van der Waals surface area contributed by atoms with Crippen LogP contribution in [-0.2, 0) is 0 Å². The van der Waals surface area contributed by atoms with Crippen molar-refractivity contribution in [2.45, 2.75) is 43.9 Å². The third-order valence-corrected chi connectivity index (χ3v) is 5.84. The van der Waals surface area contributed by atoms with E-state index in [9.17, 15) is 0 Å². The second-order valence-electron chi connectivity index (χ2n) is 3.49. The molecule has 0 amide bonds. The monoisotopic (exact) mass is 262 g/mol. The zero-order chi connectivity index (χ0) is 10.9. The first-order valence-electron chi connectivity index (χ1n) is 5.42. The summed E-state index contributed by atoms with van der Waals surface area (Å²) in [4.78, 5) is 0. The molecule has 15 heavy (non-hydrogen) atoms. The predicted molar refractivity (Wildman–Crippen MR) is 71.5 cm³/mol. The van der Waals surface area contributed by atoms with Crippen molar-refractivity contribution < 1.29 is 0 Å². The topological polar surface area (TPSA) is 25.8 Å². The Morgan fingerprint density at radius 1 is 1.47 bits per heavy atom. The normalized spacial score (nSPS) is 12.9. The van der Waals surface area contributed by atoms with Crippen LogP contribution in [0.2, 0.25) is 0 Å². The minimum atomic E-state index is 0.871. The van der Waals surface area contributed by atoms with Crippen LogP contribution in [0.15, 0.2) is 9.85 Å². The molecule has 2 nitrogen and oxygen atoms in total. The zero-order valence-corrected chi connectivity index (χ0v) is 11.8. The molecule has 1 aromatic heterocycles. The lowest BCUT2D eigenvalue weighted by atomic mass is 10.0. The Labute approximate surface area is 104 Å². The summed E-state index contributed by atoms with van der Waals surface area (Å²) in [5.41, 5.74) is 1.79. The maximum Gasteiger partial charge on any atom is 0.184 e. The number of nitrogens with zero attached hydrogens (tertiary/aromatic N) is 2. The highest BCUT2D eigenvalue weighted by atomic mass is 33.1. The zero-order valence-electron chi connectivity index (χ0n) is 9.31. The van der Waals surface area contributed by atoms with E-state index in [-0.39, 0.29) is 0 Å². The van der Waals surface area contributed by atoms with E-state index < -0.39 is 0 Å². The molecular weight excluding hydrogens is 244 g/mol. The van der Waals surface area contributed by atoms with Crippen molar-refractivity contribution in [3.8, 4) is 0 Å². The molecule has 5 heteroatoms. The fraction of sp³-hybridized carbons (Fsp3) is 0.800. The third-order valence-electron chi connectivity index (χ3n) is 2.32. The first-order chi connectivity index (χ1) is 7.36. The molecule has 0 aliphatic heterocycles. The third kappa shape index (κ3) is 5.78. The standard InChI is InChI=1S/C10H18N2S3/c1-3-5-6-9(4-2)7-14-15-10-12-11-8-13-10/h8-9H,3-7H2,1-2H3. The first-order valence-corrected chi connectivity index (χ1v) is 8.62. The van der Waals surface area contributed by atoms with Crippen molar-refractivity contribution in [1.82, 2.24) is 10.2 Å². The van der Waals surface area contributed by atoms with Crippen LogP contribution in [0.25, 0.3) is 0 Å². The summed E-state index contributed by atoms with van der Waals surface area (Å²) in [7, 11) is 3.68. The summed E-state index contributed by atoms with van der Waals surface area (Å²) in [6, 6.07) is 0. The Morgan fingerprint density at radius 2 is 2.33 bits per heavy atom. The van der Waals surface area contributed by atoms with Crippen LogP contribution in [0, 0.1) is 5.92 Å². The van der Waals surface area contributed by atoms with Crippen LogP contribution in [-0.4, -0.2) is 16.0 Å². The molecule has 0 bridgehead atoms. The molecule has 0 saturated carbocycles. The van der Waals surface area contributed by atoms with Crippen LogP contribution in [0.4, 0.5) is 0 Å². The molecule has 1 rings (SSSR count). The number of hydrogen-bond acceptors (Lipinski definition) is 5. The van der Waals surface area contributed by atoms with Gasteiger partial charge in [0.15, 0.2) is 4.34 Å². The quantitative estimate of drug-likeness (QED) is 0.644. The van der Waals surface area contributed by atoms with Crippen molar-refractivity contribution >= 4 is 32.9 Å². The van der Waals surface area contributed by atoms with E-state index in [1.54, 1.807) is 27.6 Å². The van der Waals surface area contributed by atoms with Gasteiger partial charge in [-0.3, -0.25) is 0 Å². The summed E-state index contributed by atoms with van der Waals surface area (Å²) in [5.74, 6) is 2.11. The minimum Gasteiger partial charge on any atom is -0.146 e. The van der Waals surface area contributed by atoms with Gasteiger partial charge < -0.3 is 0 Å². The Bertz CT molecular complexity index is 239. The summed E-state index contributed by atoms with van der Waals surface area (Å²) < 4.78 is 1.07. The Hall–Kier alpha value is 0.260. The van der Waals surface area contributed by atoms with Gasteiger partial charge in [0.1, 0.15) is 5.51 Å². The lowest BCUT2D eigenvalue weighted by Crippen LogP contribution is -2.00. The largest absolute Gasteiger partial charge is 0.184 e. The van der Waals surface area contributed by atoms with Gasteiger partial charge in [0.2, 0.25) is 0 Å². The summed E-state index contributed by atoms with van der Waals surface area (Å²) in [5, 5.41) is 7.84. The van der Waals surface area contributed by atoms with Gasteiger partial charge in [-0.15, -0.1) is 10.2 Å². The molecule has 0 aromatic carbocycles. The Morgan fingerprint density at radius 3 is 2.93 bits per heavy atom. The van der Waals surface area contributed by atoms with Crippen molar-refractivity contribution in [3.05, 3.63) is 5.51 Å². The van der Waals surface area contributed by atoms with Gasteiger partial charge in [-0.2, -0.15) is 0 Å². The van der Waals surface area contributed by atoms with Gasteiger partial charge in [0, 0.05) is 5.75 Å². The van der Waals surface area contributed by atoms with Crippen molar-refractivity contribution in [3.63, 3.8) is 0 Å². The number of hydrogen-bond donors (Lipinski definition) is 0. The minimum absolute atomic E-state index is 0.871. The van der Waals surface area contributed by atoms with E-state index in [1.807, 2.05) is 10.8 Å². The van der Waals surface area contributed by atoms with E-state index >= 15 is 0 Å². The van der Waals surface area contributed by atoms with Crippen LogP contribution in [0.5, 0.6) is 0 Å². The van der Waals surface area contributed by atoms with Gasteiger partial charge in [-0.25, -0.2) is 0 Å². The molecule has 86 valence electrons. The fourth-order valence-electron chi connectivity index (χ4n) is 1.28. The van der Waals surface area contributed by atoms with Gasteiger partial charge in [0.25, 0.3) is 0 Å². The van der Waals surface area contributed by atoms with E-state index in [1.165, 1.54) is 31.4 Å². The smallest absolute Gasteiger partial charge is 0.146 e. The lowest BCUT2D eigenvalue weighted by Gasteiger charge is -2.12. The molecule has 1 heterocycles. The second-order valence-corrected chi connectivity index (χ2v) is 6.91. The highest BCUT2D eigenvalue weighted by Crippen LogP contribution is 2.34. The molecule has 0 radical (unpaired) electrons. The maximum absolute atomic E-state index is 4.01. The first kappa shape index (κ1) is 13.3. The van der Waals surface area contributed by atoms with Gasteiger partial charge >= 0.3 is 0 Å². The number of aromatic nitrogens is 2. The average molecular weight is 262 g/mol. The number of rotatable bonds is 8. The highest BCUT2D eigenvalue weighted by Gasteiger charge is 2.07. The Balaban J connectivity index is 2.11. The molecule has 0 fully saturated rings. The molecule has 0 aliphatic rings. The second kappa shape index (κ2) is 8.42. The summed E-state index contributed by atoms with van der Waals surface area (Å²) in [6.45, 7) is 4.55. The Kier molecular flexibility index (Phi) is 7.48. The highest BCUT2D eigenvalue weighted by molar-refractivity contribution is 8.77. The molecule has 0 aliphatic carbocycles. The summed E-state index contributed by atoms with van der Waals surface area (Å²) in [6.07, 6.45) is 5.34. The molecular formula is C10H18N2S3. The average Bonchev–Trinajstić information content (AvgIpc) is 2.76. The van der Waals surface area contributed by atoms with Gasteiger partial charge in [-0.1, -0.05) is 55.2 Å². The van der Waals surface area contributed by atoms with Crippen LogP contribution in [0.3, 0.4) is 0 Å². The molecule has 0 N–H and O–H groups in total. The van der Waals surface area contributed by atoms with Crippen molar-refractivity contribution in [2.24, 2.45) is 5.92 Å². The van der Waals surface area contributed by atoms with E-state index in [0.717, 1.165) is 10.3 Å². The molecule has 0 saturated heterocycles. The van der Waals surface area contributed by atoms with Crippen LogP contribution >= 0.6 is 32.9 Å².